The molecule has 4 aliphatic rings. The van der Waals surface area contributed by atoms with Gasteiger partial charge >= 0.3 is 0 Å². The third-order valence-electron chi connectivity index (χ3n) is 13.3. The van der Waals surface area contributed by atoms with Crippen LogP contribution in [0.4, 0.5) is 15.8 Å². The van der Waals surface area contributed by atoms with Crippen molar-refractivity contribution in [3.05, 3.63) is 77.6 Å². The first kappa shape index (κ1) is 53.1. The van der Waals surface area contributed by atoms with Gasteiger partial charge in [0.05, 0.1) is 29.1 Å². The lowest BCUT2D eigenvalue weighted by Crippen LogP contribution is -2.54. The van der Waals surface area contributed by atoms with Crippen LogP contribution >= 0.6 is 11.8 Å². The molecular formula is C53H58FN5O12S. The van der Waals surface area contributed by atoms with Gasteiger partial charge in [0.25, 0.3) is 11.8 Å². The largest absolute Gasteiger partial charge is 0.492 e. The Kier molecular flexibility index (Phi) is 18.5. The van der Waals surface area contributed by atoms with Crippen molar-refractivity contribution in [2.75, 3.05) is 50.8 Å². The van der Waals surface area contributed by atoms with E-state index in [-0.39, 0.29) is 166 Å². The predicted octanol–water partition coefficient (Wildman–Crippen LogP) is 5.93. The molecule has 3 aromatic carbocycles. The van der Waals surface area contributed by atoms with Crippen LogP contribution in [0.1, 0.15) is 123 Å². The van der Waals surface area contributed by atoms with E-state index in [0.717, 1.165) is 45.6 Å². The number of halogens is 1. The number of benzene rings is 3. The molecule has 1 atom stereocenters. The zero-order valence-corrected chi connectivity index (χ0v) is 40.9. The lowest BCUT2D eigenvalue weighted by atomic mass is 10.0. The number of ether oxygens (including phenoxy) is 1. The van der Waals surface area contributed by atoms with Crippen LogP contribution in [0.2, 0.25) is 0 Å². The van der Waals surface area contributed by atoms with Crippen molar-refractivity contribution in [1.29, 1.82) is 0 Å². The number of piperazine rings is 1. The smallest absolute Gasteiger partial charge is 0.266 e. The molecule has 5 amide bonds. The lowest BCUT2D eigenvalue weighted by molar-refractivity contribution is -0.136. The second-order valence-corrected chi connectivity index (χ2v) is 19.4. The molecule has 0 saturated carbocycles. The fourth-order valence-corrected chi connectivity index (χ4v) is 10.2. The topological polar surface area (TPSA) is 222 Å². The van der Waals surface area contributed by atoms with E-state index in [1.165, 1.54) is 24.3 Å². The van der Waals surface area contributed by atoms with E-state index in [9.17, 15) is 57.1 Å². The summed E-state index contributed by atoms with van der Waals surface area (Å²) in [7, 11) is 0. The van der Waals surface area contributed by atoms with E-state index < -0.39 is 29.7 Å². The van der Waals surface area contributed by atoms with Crippen LogP contribution < -0.4 is 15.0 Å². The van der Waals surface area contributed by atoms with Crippen LogP contribution in [0.25, 0.3) is 0 Å². The molecule has 17 nitrogen and oxygen atoms in total. The summed E-state index contributed by atoms with van der Waals surface area (Å²) < 4.78 is 19.9. The molecule has 2 saturated heterocycles. The van der Waals surface area contributed by atoms with E-state index in [2.05, 4.69) is 27.2 Å². The van der Waals surface area contributed by atoms with Gasteiger partial charge in [-0.1, -0.05) is 30.0 Å². The number of fused-ring (bicyclic) bond motifs is 3. The molecule has 2 fully saturated rings. The summed E-state index contributed by atoms with van der Waals surface area (Å²) in [6.07, 6.45) is 0.0491. The number of piperidine rings is 1. The Hall–Kier alpha value is -6.73. The highest BCUT2D eigenvalue weighted by Crippen LogP contribution is 2.48. The minimum Gasteiger partial charge on any atom is -0.492 e. The zero-order chi connectivity index (χ0) is 51.3. The second kappa shape index (κ2) is 25.1. The molecule has 380 valence electrons. The van der Waals surface area contributed by atoms with Gasteiger partial charge in [-0.3, -0.25) is 67.9 Å². The van der Waals surface area contributed by atoms with Gasteiger partial charge in [0.15, 0.2) is 0 Å². The van der Waals surface area contributed by atoms with Gasteiger partial charge in [-0.05, 0) is 61.9 Å². The fourth-order valence-electron chi connectivity index (χ4n) is 9.14. The number of hydrogen-bond donors (Lipinski definition) is 1. The van der Waals surface area contributed by atoms with E-state index >= 15 is 0 Å². The van der Waals surface area contributed by atoms with Crippen molar-refractivity contribution in [3.63, 3.8) is 0 Å². The summed E-state index contributed by atoms with van der Waals surface area (Å²) in [4.78, 5) is 147. The Bertz CT molecular complexity index is 2650. The van der Waals surface area contributed by atoms with Gasteiger partial charge in [-0.15, -0.1) is 0 Å². The van der Waals surface area contributed by atoms with Gasteiger partial charge in [0, 0.05) is 132 Å². The Morgan fingerprint density at radius 2 is 1.18 bits per heavy atom. The molecule has 0 spiro atoms. The second-order valence-electron chi connectivity index (χ2n) is 18.4. The van der Waals surface area contributed by atoms with E-state index in [1.54, 1.807) is 22.7 Å². The summed E-state index contributed by atoms with van der Waals surface area (Å²) in [5, 5.41) is 2.14. The molecule has 19 heteroatoms. The average Bonchev–Trinajstić information content (AvgIpc) is 3.63. The number of carbonyl (C=O) groups excluding carboxylic acids is 11. The number of Topliss-reactive ketones (excluding diaryl/α,β-unsaturated/α-hetero) is 6. The van der Waals surface area contributed by atoms with Gasteiger partial charge in [-0.2, -0.15) is 0 Å². The monoisotopic (exact) mass is 1010 g/mol. The number of anilines is 2. The summed E-state index contributed by atoms with van der Waals surface area (Å²) in [5.74, 6) is -4.64. The van der Waals surface area contributed by atoms with Crippen molar-refractivity contribution in [1.82, 2.24) is 20.0 Å². The number of amides is 5. The predicted molar refractivity (Wildman–Crippen MR) is 260 cm³/mol. The first-order valence-corrected chi connectivity index (χ1v) is 25.4. The minimum absolute atomic E-state index is 0.000568. The van der Waals surface area contributed by atoms with Crippen molar-refractivity contribution in [2.45, 2.75) is 119 Å². The number of carbonyl (C=O) groups is 11. The highest BCUT2D eigenvalue weighted by Gasteiger charge is 2.46. The molecule has 0 aromatic heterocycles. The summed E-state index contributed by atoms with van der Waals surface area (Å²) in [6.45, 7) is 3.91. The maximum absolute atomic E-state index is 14.2. The lowest BCUT2D eigenvalue weighted by Gasteiger charge is -2.36. The van der Waals surface area contributed by atoms with Crippen LogP contribution in [0, 0.1) is 5.82 Å². The summed E-state index contributed by atoms with van der Waals surface area (Å²) >= 11 is 1.64. The van der Waals surface area contributed by atoms with Crippen molar-refractivity contribution >= 4 is 87.4 Å². The molecule has 4 heterocycles. The quantitative estimate of drug-likeness (QED) is 0.0875. The molecule has 0 aliphatic carbocycles. The van der Waals surface area contributed by atoms with E-state index in [1.807, 2.05) is 18.2 Å². The van der Waals surface area contributed by atoms with Gasteiger partial charge in [0.2, 0.25) is 17.7 Å². The van der Waals surface area contributed by atoms with E-state index in [0.29, 0.717) is 26.2 Å². The highest BCUT2D eigenvalue weighted by atomic mass is 32.2. The molecule has 7 rings (SSSR count). The maximum atomic E-state index is 14.2. The Labute approximate surface area is 420 Å². The minimum atomic E-state index is -1.14. The van der Waals surface area contributed by atoms with Crippen LogP contribution in [-0.2, 0) is 43.2 Å². The molecule has 4 aliphatic heterocycles. The zero-order valence-electron chi connectivity index (χ0n) is 40.1. The van der Waals surface area contributed by atoms with E-state index in [4.69, 9.17) is 4.74 Å². The van der Waals surface area contributed by atoms with Crippen LogP contribution in [-0.4, -0.2) is 131 Å². The number of nitrogens with zero attached hydrogens (tertiary/aromatic N) is 4. The van der Waals surface area contributed by atoms with Crippen LogP contribution in [0.5, 0.6) is 5.75 Å². The number of nitrogens with one attached hydrogen (secondary N) is 1. The number of ketones is 6. The Morgan fingerprint density at radius 1 is 0.611 bits per heavy atom. The number of rotatable bonds is 27. The Morgan fingerprint density at radius 3 is 1.79 bits per heavy atom. The maximum Gasteiger partial charge on any atom is 0.266 e. The molecule has 1 unspecified atom stereocenters. The fraction of sp³-hybridized carbons (Fsp3) is 0.453. The van der Waals surface area contributed by atoms with Crippen molar-refractivity contribution in [3.8, 4) is 5.75 Å². The summed E-state index contributed by atoms with van der Waals surface area (Å²) in [6, 6.07) is 16.3. The van der Waals surface area contributed by atoms with Crippen molar-refractivity contribution in [2.24, 2.45) is 0 Å². The van der Waals surface area contributed by atoms with Crippen LogP contribution in [0.15, 0.2) is 70.5 Å². The average molecular weight is 1010 g/mol. The van der Waals surface area contributed by atoms with Gasteiger partial charge < -0.3 is 14.5 Å². The molecule has 72 heavy (non-hydrogen) atoms. The molecule has 0 bridgehead atoms. The first-order valence-electron chi connectivity index (χ1n) is 24.6. The first-order chi connectivity index (χ1) is 34.6. The summed E-state index contributed by atoms with van der Waals surface area (Å²) in [5.41, 5.74) is 1.92. The Balaban J connectivity index is 0.690. The number of para-hydroxylation sites is 1. The highest BCUT2D eigenvalue weighted by molar-refractivity contribution is 7.99. The standard InChI is InChI=1S/C53H58FN5O12S/c54-34-9-22-47-44(33-34)58(42-6-1-2-8-46(42)72-47)27-4-26-56-28-30-57(31-29-56)49(67)24-20-39(64)17-16-37(62)13-12-35(60)10-11-36(61)14-15-38(63)18-19-40(65)25-32-71-45-7-3-5-41-50(45)53(70)59(52(41)69)43-21-23-48(66)55-51(43)68/h1-3,5-9,22,33,43H,4,10-21,23-32H2,(H,55,66,68). The number of hydrogen-bond acceptors (Lipinski definition) is 15. The van der Waals surface area contributed by atoms with Crippen molar-refractivity contribution < 1.29 is 61.9 Å². The number of imide groups is 2. The molecule has 3 aromatic rings. The third kappa shape index (κ3) is 14.0. The van der Waals surface area contributed by atoms with Gasteiger partial charge in [0.1, 0.15) is 52.3 Å². The third-order valence-corrected chi connectivity index (χ3v) is 14.4. The normalized spacial score (nSPS) is 16.5. The molecule has 1 N–H and O–H groups in total. The SMILES string of the molecule is O=C(CCOc1cccc2c1C(=O)N(C1CCC(=O)NC1=O)C2=O)CCC(=O)CCC(=O)CCC(=O)CCC(=O)CCC(=O)CCC(=O)N1CCN(CCCN2c3ccccc3Sc3ccc(F)cc32)CC1. The van der Waals surface area contributed by atoms with Crippen LogP contribution in [0.3, 0.4) is 0 Å². The molecular weight excluding hydrogens is 950 g/mol. The van der Waals surface area contributed by atoms with Gasteiger partial charge in [-0.25, -0.2) is 4.39 Å². The molecule has 0 radical (unpaired) electrons.